The Morgan fingerprint density at radius 3 is 2.60 bits per heavy atom. The number of carbonyl (C=O) groups is 1. The lowest BCUT2D eigenvalue weighted by Gasteiger charge is -2.42. The average molecular weight is 460 g/mol. The molecule has 0 spiro atoms. The van der Waals surface area contributed by atoms with Crippen molar-refractivity contribution in [2.75, 3.05) is 44.8 Å². The molecule has 1 aliphatic carbocycles. The van der Waals surface area contributed by atoms with Crippen molar-refractivity contribution in [3.05, 3.63) is 28.0 Å². The number of carbonyl (C=O) groups excluding carboxylic acids is 1. The normalized spacial score (nSPS) is 25.4. The van der Waals surface area contributed by atoms with E-state index in [1.807, 2.05) is 0 Å². The van der Waals surface area contributed by atoms with Crippen LogP contribution in [-0.2, 0) is 9.53 Å². The Labute approximate surface area is 188 Å². The van der Waals surface area contributed by atoms with E-state index in [0.717, 1.165) is 63.5 Å². The SMILES string of the molecule is COCC(=O)NC1CCC(CCN2CCN(c3ccc(F)c(Cl)c3Cl)C(C)C2)CC1. The predicted octanol–water partition coefficient (Wildman–Crippen LogP) is 4.35. The molecule has 30 heavy (non-hydrogen) atoms. The molecular weight excluding hydrogens is 428 g/mol. The summed E-state index contributed by atoms with van der Waals surface area (Å²) in [6.07, 6.45) is 5.62. The van der Waals surface area contributed by atoms with Gasteiger partial charge in [0.05, 0.1) is 15.7 Å². The third-order valence-electron chi connectivity index (χ3n) is 6.38. The first-order valence-electron chi connectivity index (χ1n) is 10.8. The first-order valence-corrected chi connectivity index (χ1v) is 11.6. The molecule has 0 aromatic heterocycles. The van der Waals surface area contributed by atoms with E-state index >= 15 is 0 Å². The van der Waals surface area contributed by atoms with Crippen molar-refractivity contribution in [2.45, 2.75) is 51.1 Å². The summed E-state index contributed by atoms with van der Waals surface area (Å²) in [6.45, 7) is 6.15. The highest BCUT2D eigenvalue weighted by molar-refractivity contribution is 6.43. The van der Waals surface area contributed by atoms with Crippen LogP contribution in [0.25, 0.3) is 0 Å². The van der Waals surface area contributed by atoms with Gasteiger partial charge in [-0.15, -0.1) is 0 Å². The zero-order chi connectivity index (χ0) is 21.7. The van der Waals surface area contributed by atoms with Gasteiger partial charge in [-0.05, 0) is 63.6 Å². The number of ether oxygens (including phenoxy) is 1. The fraction of sp³-hybridized carbons (Fsp3) is 0.682. The molecule has 1 amide bonds. The predicted molar refractivity (Wildman–Crippen MR) is 120 cm³/mol. The molecule has 2 aliphatic rings. The topological polar surface area (TPSA) is 44.8 Å². The molecule has 1 heterocycles. The first kappa shape index (κ1) is 23.6. The summed E-state index contributed by atoms with van der Waals surface area (Å²) < 4.78 is 18.5. The minimum atomic E-state index is -0.482. The largest absolute Gasteiger partial charge is 0.375 e. The van der Waals surface area contributed by atoms with Crippen LogP contribution in [0.4, 0.5) is 10.1 Å². The lowest BCUT2D eigenvalue weighted by molar-refractivity contribution is -0.125. The van der Waals surface area contributed by atoms with Crippen molar-refractivity contribution >= 4 is 34.8 Å². The van der Waals surface area contributed by atoms with Crippen LogP contribution in [0.2, 0.25) is 10.0 Å². The number of anilines is 1. The fourth-order valence-corrected chi connectivity index (χ4v) is 5.11. The molecule has 5 nitrogen and oxygen atoms in total. The number of methoxy groups -OCH3 is 1. The van der Waals surface area contributed by atoms with Crippen molar-refractivity contribution < 1.29 is 13.9 Å². The second-order valence-electron chi connectivity index (χ2n) is 8.54. The van der Waals surface area contributed by atoms with Crippen molar-refractivity contribution in [2.24, 2.45) is 5.92 Å². The number of rotatable bonds is 7. The van der Waals surface area contributed by atoms with E-state index in [0.29, 0.717) is 11.1 Å². The van der Waals surface area contributed by atoms with Crippen molar-refractivity contribution in [3.8, 4) is 0 Å². The Morgan fingerprint density at radius 2 is 1.93 bits per heavy atom. The van der Waals surface area contributed by atoms with Crippen LogP contribution in [0.1, 0.15) is 39.0 Å². The van der Waals surface area contributed by atoms with Crippen molar-refractivity contribution in [1.82, 2.24) is 10.2 Å². The van der Waals surface area contributed by atoms with E-state index in [2.05, 4.69) is 22.0 Å². The molecular formula is C22H32Cl2FN3O2. The summed E-state index contributed by atoms with van der Waals surface area (Å²) in [5.41, 5.74) is 0.809. The molecule has 2 fully saturated rings. The second-order valence-corrected chi connectivity index (χ2v) is 9.30. The standard InChI is InChI=1S/C22H32Cl2FN3O2/c1-15-13-27(11-12-28(15)19-8-7-18(25)21(23)22(19)24)10-9-16-3-5-17(6-4-16)26-20(29)14-30-2/h7-8,15-17H,3-6,9-14H2,1-2H3,(H,26,29). The number of benzene rings is 1. The number of nitrogens with one attached hydrogen (secondary N) is 1. The number of amides is 1. The van der Waals surface area contributed by atoms with E-state index in [-0.39, 0.29) is 23.6 Å². The Morgan fingerprint density at radius 1 is 1.20 bits per heavy atom. The summed E-state index contributed by atoms with van der Waals surface area (Å²) >= 11 is 12.3. The smallest absolute Gasteiger partial charge is 0.246 e. The molecule has 8 heteroatoms. The third kappa shape index (κ3) is 6.00. The van der Waals surface area contributed by atoms with Gasteiger partial charge in [-0.1, -0.05) is 23.2 Å². The van der Waals surface area contributed by atoms with Crippen molar-refractivity contribution in [3.63, 3.8) is 0 Å². The minimum absolute atomic E-state index is 0.00203. The molecule has 1 aromatic carbocycles. The van der Waals surface area contributed by atoms with Crippen LogP contribution in [0.15, 0.2) is 12.1 Å². The van der Waals surface area contributed by atoms with Gasteiger partial charge >= 0.3 is 0 Å². The maximum absolute atomic E-state index is 13.6. The number of piperazine rings is 1. The van der Waals surface area contributed by atoms with E-state index in [4.69, 9.17) is 27.9 Å². The van der Waals surface area contributed by atoms with Gasteiger partial charge < -0.3 is 15.0 Å². The van der Waals surface area contributed by atoms with Crippen LogP contribution >= 0.6 is 23.2 Å². The molecule has 1 unspecified atom stereocenters. The van der Waals surface area contributed by atoms with Gasteiger partial charge in [-0.3, -0.25) is 9.69 Å². The van der Waals surface area contributed by atoms with Gasteiger partial charge in [0.2, 0.25) is 5.91 Å². The second kappa shape index (κ2) is 11.0. The van der Waals surface area contributed by atoms with Crippen LogP contribution < -0.4 is 10.2 Å². The summed E-state index contributed by atoms with van der Waals surface area (Å²) in [5.74, 6) is 0.222. The van der Waals surface area contributed by atoms with Gasteiger partial charge in [-0.25, -0.2) is 4.39 Å². The highest BCUT2D eigenvalue weighted by Gasteiger charge is 2.28. The maximum atomic E-state index is 13.6. The fourth-order valence-electron chi connectivity index (χ4n) is 4.69. The zero-order valence-electron chi connectivity index (χ0n) is 17.8. The molecule has 1 aromatic rings. The van der Waals surface area contributed by atoms with Crippen LogP contribution in [0.5, 0.6) is 0 Å². The molecule has 0 radical (unpaired) electrons. The Balaban J connectivity index is 1.42. The summed E-state index contributed by atoms with van der Waals surface area (Å²) in [4.78, 5) is 16.4. The van der Waals surface area contributed by atoms with Crippen LogP contribution in [0.3, 0.4) is 0 Å². The number of nitrogens with zero attached hydrogens (tertiary/aromatic N) is 2. The van der Waals surface area contributed by atoms with Gasteiger partial charge in [0.25, 0.3) is 0 Å². The summed E-state index contributed by atoms with van der Waals surface area (Å²) in [5, 5.41) is 3.36. The Bertz CT molecular complexity index is 729. The molecule has 1 aliphatic heterocycles. The third-order valence-corrected chi connectivity index (χ3v) is 7.23. The first-order chi connectivity index (χ1) is 14.4. The highest BCUT2D eigenvalue weighted by Crippen LogP contribution is 2.36. The van der Waals surface area contributed by atoms with Gasteiger partial charge in [-0.2, -0.15) is 0 Å². The van der Waals surface area contributed by atoms with E-state index in [9.17, 15) is 9.18 Å². The highest BCUT2D eigenvalue weighted by atomic mass is 35.5. The number of halogens is 3. The maximum Gasteiger partial charge on any atom is 0.246 e. The van der Waals surface area contributed by atoms with E-state index in [1.54, 1.807) is 13.2 Å². The number of hydrogen-bond donors (Lipinski definition) is 1. The monoisotopic (exact) mass is 459 g/mol. The van der Waals surface area contributed by atoms with Crippen LogP contribution in [-0.4, -0.2) is 62.8 Å². The van der Waals surface area contributed by atoms with E-state index in [1.165, 1.54) is 12.5 Å². The number of hydrogen-bond acceptors (Lipinski definition) is 4. The van der Waals surface area contributed by atoms with Crippen LogP contribution in [0, 0.1) is 11.7 Å². The van der Waals surface area contributed by atoms with Gasteiger partial charge in [0.15, 0.2) is 0 Å². The van der Waals surface area contributed by atoms with E-state index < -0.39 is 5.82 Å². The molecule has 1 atom stereocenters. The molecule has 3 rings (SSSR count). The Kier molecular flexibility index (Phi) is 8.63. The lowest BCUT2D eigenvalue weighted by atomic mass is 9.84. The van der Waals surface area contributed by atoms with Gasteiger partial charge in [0.1, 0.15) is 12.4 Å². The quantitative estimate of drug-likeness (QED) is 0.615. The molecule has 1 saturated heterocycles. The lowest BCUT2D eigenvalue weighted by Crippen LogP contribution is -2.52. The molecule has 0 bridgehead atoms. The summed E-state index contributed by atoms with van der Waals surface area (Å²) in [7, 11) is 1.54. The summed E-state index contributed by atoms with van der Waals surface area (Å²) in [6, 6.07) is 3.68. The van der Waals surface area contributed by atoms with Crippen molar-refractivity contribution in [1.29, 1.82) is 0 Å². The average Bonchev–Trinajstić information content (AvgIpc) is 2.72. The Hall–Kier alpha value is -1.08. The molecule has 168 valence electrons. The minimum Gasteiger partial charge on any atom is -0.375 e. The molecule has 1 N–H and O–H groups in total. The molecule has 1 saturated carbocycles. The van der Waals surface area contributed by atoms with Gasteiger partial charge in [0, 0.05) is 38.8 Å². The zero-order valence-corrected chi connectivity index (χ0v) is 19.3.